The molecule has 2 aromatic carbocycles. The molecule has 0 aliphatic heterocycles. The van der Waals surface area contributed by atoms with E-state index in [1.807, 2.05) is 0 Å². The smallest absolute Gasteiger partial charge is 0.273 e. The van der Waals surface area contributed by atoms with Crippen LogP contribution in [0.15, 0.2) is 42.5 Å². The van der Waals surface area contributed by atoms with Gasteiger partial charge in [-0.1, -0.05) is 29.8 Å². The van der Waals surface area contributed by atoms with E-state index in [2.05, 4.69) is 5.32 Å². The average molecular weight is 334 g/mol. The summed E-state index contributed by atoms with van der Waals surface area (Å²) in [6, 6.07) is 10.2. The van der Waals surface area contributed by atoms with Crippen LogP contribution in [0.1, 0.15) is 15.9 Å². The van der Waals surface area contributed by atoms with E-state index < -0.39 is 16.7 Å². The first-order valence-corrected chi connectivity index (χ1v) is 6.88. The van der Waals surface area contributed by atoms with Crippen LogP contribution in [0, 0.1) is 10.1 Å². The highest BCUT2D eigenvalue weighted by Gasteiger charge is 2.16. The number of hydrogen-bond donors (Lipinski definition) is 2. The van der Waals surface area contributed by atoms with Crippen LogP contribution in [0.2, 0.25) is 5.02 Å². The fourth-order valence-electron chi connectivity index (χ4n) is 1.98. The zero-order valence-electron chi connectivity index (χ0n) is 11.8. The molecule has 2 rings (SSSR count). The van der Waals surface area contributed by atoms with Crippen molar-refractivity contribution >= 4 is 34.8 Å². The van der Waals surface area contributed by atoms with Gasteiger partial charge in [-0.2, -0.15) is 0 Å². The fourth-order valence-corrected chi connectivity index (χ4v) is 2.14. The number of primary amides is 1. The zero-order chi connectivity index (χ0) is 17.0. The van der Waals surface area contributed by atoms with E-state index in [1.54, 1.807) is 6.07 Å². The van der Waals surface area contributed by atoms with Gasteiger partial charge in [0, 0.05) is 17.2 Å². The van der Waals surface area contributed by atoms with Gasteiger partial charge in [-0.05, 0) is 18.2 Å². The Kier molecular flexibility index (Phi) is 4.92. The third-order valence-electron chi connectivity index (χ3n) is 3.06. The van der Waals surface area contributed by atoms with E-state index in [-0.39, 0.29) is 33.9 Å². The second kappa shape index (κ2) is 6.89. The predicted molar refractivity (Wildman–Crippen MR) is 85.4 cm³/mol. The second-order valence-corrected chi connectivity index (χ2v) is 5.08. The molecule has 23 heavy (non-hydrogen) atoms. The van der Waals surface area contributed by atoms with Crippen LogP contribution in [0.3, 0.4) is 0 Å². The SMILES string of the molecule is NC(=O)c1ccc(Cl)c(NC(=O)Cc2ccccc2[N+](=O)[O-])c1. The highest BCUT2D eigenvalue weighted by Crippen LogP contribution is 2.24. The van der Waals surface area contributed by atoms with Gasteiger partial charge in [-0.25, -0.2) is 0 Å². The normalized spacial score (nSPS) is 10.1. The number of rotatable bonds is 5. The Balaban J connectivity index is 2.19. The van der Waals surface area contributed by atoms with Crippen LogP contribution >= 0.6 is 11.6 Å². The molecule has 0 bridgehead atoms. The minimum absolute atomic E-state index is 0.139. The first-order chi connectivity index (χ1) is 10.9. The lowest BCUT2D eigenvalue weighted by atomic mass is 10.1. The number of halogens is 1. The summed E-state index contributed by atoms with van der Waals surface area (Å²) in [5.41, 5.74) is 5.71. The van der Waals surface area contributed by atoms with Gasteiger partial charge < -0.3 is 11.1 Å². The van der Waals surface area contributed by atoms with Gasteiger partial charge in [-0.3, -0.25) is 19.7 Å². The number of carbonyl (C=O) groups excluding carboxylic acids is 2. The standard InChI is InChI=1S/C15H12ClN3O4/c16-11-6-5-10(15(17)21)7-12(11)18-14(20)8-9-3-1-2-4-13(9)19(22)23/h1-7H,8H2,(H2,17,21)(H,18,20). The van der Waals surface area contributed by atoms with Gasteiger partial charge in [0.25, 0.3) is 5.69 Å². The molecule has 3 N–H and O–H groups in total. The van der Waals surface area contributed by atoms with Crippen molar-refractivity contribution in [3.05, 3.63) is 68.7 Å². The molecule has 0 unspecified atom stereocenters. The number of nitro benzene ring substituents is 1. The van der Waals surface area contributed by atoms with Crippen molar-refractivity contribution in [1.82, 2.24) is 0 Å². The molecule has 0 aromatic heterocycles. The Bertz CT molecular complexity index is 792. The number of amides is 2. The molecule has 0 aliphatic rings. The van der Waals surface area contributed by atoms with Gasteiger partial charge in [-0.15, -0.1) is 0 Å². The summed E-state index contributed by atoms with van der Waals surface area (Å²) >= 11 is 5.95. The van der Waals surface area contributed by atoms with E-state index in [0.717, 1.165) is 0 Å². The van der Waals surface area contributed by atoms with E-state index in [9.17, 15) is 19.7 Å². The molecule has 0 heterocycles. The molecule has 0 saturated carbocycles. The maximum absolute atomic E-state index is 12.1. The minimum Gasteiger partial charge on any atom is -0.366 e. The topological polar surface area (TPSA) is 115 Å². The van der Waals surface area contributed by atoms with Crippen molar-refractivity contribution in [3.8, 4) is 0 Å². The van der Waals surface area contributed by atoms with Crippen molar-refractivity contribution in [2.45, 2.75) is 6.42 Å². The predicted octanol–water partition coefficient (Wildman–Crippen LogP) is 2.53. The Morgan fingerprint density at radius 3 is 2.57 bits per heavy atom. The van der Waals surface area contributed by atoms with Crippen LogP contribution in [-0.2, 0) is 11.2 Å². The molecule has 0 atom stereocenters. The van der Waals surface area contributed by atoms with Crippen LogP contribution in [0.5, 0.6) is 0 Å². The van der Waals surface area contributed by atoms with E-state index in [0.29, 0.717) is 0 Å². The van der Waals surface area contributed by atoms with Crippen LogP contribution < -0.4 is 11.1 Å². The molecule has 0 radical (unpaired) electrons. The number of carbonyl (C=O) groups is 2. The quantitative estimate of drug-likeness (QED) is 0.646. The average Bonchev–Trinajstić information content (AvgIpc) is 2.49. The lowest BCUT2D eigenvalue weighted by Crippen LogP contribution is -2.17. The lowest BCUT2D eigenvalue weighted by Gasteiger charge is -2.09. The largest absolute Gasteiger partial charge is 0.366 e. The number of nitrogens with zero attached hydrogens (tertiary/aromatic N) is 1. The lowest BCUT2D eigenvalue weighted by molar-refractivity contribution is -0.385. The third-order valence-corrected chi connectivity index (χ3v) is 3.39. The molecule has 0 aliphatic carbocycles. The summed E-state index contributed by atoms with van der Waals surface area (Å²) in [5, 5.41) is 13.7. The summed E-state index contributed by atoms with van der Waals surface area (Å²) in [5.74, 6) is -1.15. The summed E-state index contributed by atoms with van der Waals surface area (Å²) < 4.78 is 0. The minimum atomic E-state index is -0.657. The summed E-state index contributed by atoms with van der Waals surface area (Å²) in [6.45, 7) is 0. The Hall–Kier alpha value is -2.93. The number of benzene rings is 2. The Labute approximate surface area is 136 Å². The van der Waals surface area contributed by atoms with Crippen LogP contribution in [0.4, 0.5) is 11.4 Å². The van der Waals surface area contributed by atoms with Gasteiger partial charge in [0.2, 0.25) is 11.8 Å². The second-order valence-electron chi connectivity index (χ2n) is 4.67. The van der Waals surface area contributed by atoms with Crippen LogP contribution in [-0.4, -0.2) is 16.7 Å². The van der Waals surface area contributed by atoms with Gasteiger partial charge >= 0.3 is 0 Å². The van der Waals surface area contributed by atoms with Crippen molar-refractivity contribution in [2.24, 2.45) is 5.73 Å². The molecule has 0 saturated heterocycles. The Morgan fingerprint density at radius 2 is 1.91 bits per heavy atom. The van der Waals surface area contributed by atoms with E-state index >= 15 is 0 Å². The number of nitro groups is 1. The molecule has 2 aromatic rings. The summed E-state index contributed by atoms with van der Waals surface area (Å²) in [4.78, 5) is 33.6. The zero-order valence-corrected chi connectivity index (χ0v) is 12.5. The van der Waals surface area contributed by atoms with Crippen molar-refractivity contribution in [2.75, 3.05) is 5.32 Å². The maximum atomic E-state index is 12.1. The summed E-state index contributed by atoms with van der Waals surface area (Å²) in [7, 11) is 0. The first-order valence-electron chi connectivity index (χ1n) is 6.50. The number of anilines is 1. The molecule has 118 valence electrons. The third kappa shape index (κ3) is 4.04. The molecule has 7 nitrogen and oxygen atoms in total. The highest BCUT2D eigenvalue weighted by molar-refractivity contribution is 6.33. The summed E-state index contributed by atoms with van der Waals surface area (Å²) in [6.07, 6.45) is -0.200. The first kappa shape index (κ1) is 16.4. The molecular formula is C15H12ClN3O4. The molecule has 8 heteroatoms. The number of nitrogens with two attached hydrogens (primary N) is 1. The molecule has 0 fully saturated rings. The number of hydrogen-bond acceptors (Lipinski definition) is 4. The Morgan fingerprint density at radius 1 is 1.22 bits per heavy atom. The highest BCUT2D eigenvalue weighted by atomic mass is 35.5. The fraction of sp³-hybridized carbons (Fsp3) is 0.0667. The van der Waals surface area contributed by atoms with Crippen LogP contribution in [0.25, 0.3) is 0 Å². The van der Waals surface area contributed by atoms with Gasteiger partial charge in [0.1, 0.15) is 0 Å². The monoisotopic (exact) mass is 333 g/mol. The van der Waals surface area contributed by atoms with E-state index in [1.165, 1.54) is 36.4 Å². The van der Waals surface area contributed by atoms with E-state index in [4.69, 9.17) is 17.3 Å². The molecular weight excluding hydrogens is 322 g/mol. The number of para-hydroxylation sites is 1. The number of nitrogens with one attached hydrogen (secondary N) is 1. The maximum Gasteiger partial charge on any atom is 0.273 e. The molecule has 0 spiro atoms. The van der Waals surface area contributed by atoms with Crippen molar-refractivity contribution in [1.29, 1.82) is 0 Å². The van der Waals surface area contributed by atoms with Crippen molar-refractivity contribution < 1.29 is 14.5 Å². The molecule has 2 amide bonds. The van der Waals surface area contributed by atoms with Gasteiger partial charge in [0.05, 0.1) is 22.1 Å². The van der Waals surface area contributed by atoms with Gasteiger partial charge in [0.15, 0.2) is 0 Å². The van der Waals surface area contributed by atoms with Crippen molar-refractivity contribution in [3.63, 3.8) is 0 Å².